The van der Waals surface area contributed by atoms with Crippen molar-refractivity contribution < 1.29 is 23.2 Å². The van der Waals surface area contributed by atoms with Crippen LogP contribution in [0, 0.1) is 5.92 Å². The summed E-state index contributed by atoms with van der Waals surface area (Å²) < 4.78 is 18.0. The minimum absolute atomic E-state index is 0.155. The highest BCUT2D eigenvalue weighted by Gasteiger charge is 2.47. The van der Waals surface area contributed by atoms with E-state index in [0.717, 1.165) is 5.57 Å². The zero-order valence-electron chi connectivity index (χ0n) is 25.5. The van der Waals surface area contributed by atoms with Gasteiger partial charge in [-0.15, -0.1) is 0 Å². The van der Waals surface area contributed by atoms with Crippen LogP contribution in [0.1, 0.15) is 76.2 Å². The fraction of sp³-hybridized carbons (Fsp3) is 0.724. The van der Waals surface area contributed by atoms with E-state index in [2.05, 4.69) is 86.2 Å². The Morgan fingerprint density at radius 3 is 1.78 bits per heavy atom. The Hall–Kier alpha value is -1.29. The number of ketones is 1. The number of allylic oxidation sites excluding steroid dienone is 3. The molecule has 7 heteroatoms. The van der Waals surface area contributed by atoms with Gasteiger partial charge in [-0.1, -0.05) is 93.0 Å². The van der Waals surface area contributed by atoms with Gasteiger partial charge in [0.15, 0.2) is 14.1 Å². The predicted molar refractivity (Wildman–Crippen MR) is 157 cm³/mol. The molecule has 0 spiro atoms. The first kappa shape index (κ1) is 34.7. The minimum Gasteiger partial charge on any atom is -0.466 e. The van der Waals surface area contributed by atoms with E-state index in [1.54, 1.807) is 0 Å². The van der Waals surface area contributed by atoms with Gasteiger partial charge >= 0.3 is 5.97 Å². The quantitative estimate of drug-likeness (QED) is 0.0970. The molecule has 0 aliphatic rings. The lowest BCUT2D eigenvalue weighted by Crippen LogP contribution is -2.51. The zero-order valence-corrected chi connectivity index (χ0v) is 27.5. The van der Waals surface area contributed by atoms with E-state index in [9.17, 15) is 9.59 Å². The molecule has 5 nitrogen and oxygen atoms in total. The first-order valence-electron chi connectivity index (χ1n) is 13.3. The third-order valence-electron chi connectivity index (χ3n) is 7.78. The van der Waals surface area contributed by atoms with Gasteiger partial charge in [0.05, 0.1) is 19.8 Å². The van der Waals surface area contributed by atoms with E-state index in [4.69, 9.17) is 8.85 Å². The lowest BCUT2D eigenvalue weighted by Gasteiger charge is -2.45. The van der Waals surface area contributed by atoms with E-state index >= 15 is 0 Å². The van der Waals surface area contributed by atoms with Crippen LogP contribution < -0.4 is 0 Å². The van der Waals surface area contributed by atoms with Crippen molar-refractivity contribution in [2.24, 2.45) is 5.92 Å². The van der Waals surface area contributed by atoms with Crippen molar-refractivity contribution in [3.8, 4) is 0 Å². The van der Waals surface area contributed by atoms with Gasteiger partial charge in [-0.05, 0) is 47.8 Å². The number of rotatable bonds is 14. The number of hydrogen-bond acceptors (Lipinski definition) is 5. The van der Waals surface area contributed by atoms with Crippen LogP contribution in [-0.2, 0) is 23.2 Å². The van der Waals surface area contributed by atoms with Crippen LogP contribution in [0.15, 0.2) is 36.0 Å². The molecule has 0 rings (SSSR count). The monoisotopic (exact) mass is 538 g/mol. The second kappa shape index (κ2) is 14.6. The van der Waals surface area contributed by atoms with E-state index in [-0.39, 0.29) is 10.8 Å². The van der Waals surface area contributed by atoms with E-state index in [0.29, 0.717) is 23.2 Å². The summed E-state index contributed by atoms with van der Waals surface area (Å²) in [4.78, 5) is 24.5. The Morgan fingerprint density at radius 2 is 1.36 bits per heavy atom. The highest BCUT2D eigenvalue weighted by molar-refractivity contribution is 6.77. The SMILES string of the molecule is COC(=O)/C=C/C(=O)[C@H](C)[C@H](/C=C/C(C)=C/CO[Si](C)(C)C(C)(C)C)O[Si](C(C)C)(C(C)C)C(C)C. The normalized spacial score (nSPS) is 16.0. The Labute approximate surface area is 224 Å². The maximum absolute atomic E-state index is 13.0. The molecule has 0 aliphatic carbocycles. The molecule has 0 amide bonds. The van der Waals surface area contributed by atoms with Gasteiger partial charge in [0.25, 0.3) is 0 Å². The molecule has 0 saturated heterocycles. The Kier molecular flexibility index (Phi) is 14.1. The lowest BCUT2D eigenvalue weighted by molar-refractivity contribution is -0.135. The van der Waals surface area contributed by atoms with Gasteiger partial charge in [0.1, 0.15) is 0 Å². The molecule has 36 heavy (non-hydrogen) atoms. The zero-order chi connectivity index (χ0) is 28.5. The third-order valence-corrected chi connectivity index (χ3v) is 18.4. The second-order valence-corrected chi connectivity index (χ2v) is 22.5. The van der Waals surface area contributed by atoms with Crippen LogP contribution in [0.2, 0.25) is 34.8 Å². The molecule has 0 radical (unpaired) electrons. The van der Waals surface area contributed by atoms with Gasteiger partial charge in [-0.3, -0.25) is 4.79 Å². The summed E-state index contributed by atoms with van der Waals surface area (Å²) >= 11 is 0. The summed E-state index contributed by atoms with van der Waals surface area (Å²) in [5.41, 5.74) is 2.22. The van der Waals surface area contributed by atoms with E-state index < -0.39 is 34.6 Å². The standard InChI is InChI=1S/C29H54O5Si2/c1-21(2)36(22(3)4,23(5)6)34-27(25(8)26(30)16-18-28(31)32-12)17-15-24(7)19-20-33-35(13,14)29(9,10)11/h15-19,21-23,25,27H,20H2,1-14H3/b17-15+,18-16+,24-19+/t25-,27-/m0/s1. The smallest absolute Gasteiger partial charge is 0.330 e. The molecule has 0 aromatic heterocycles. The van der Waals surface area contributed by atoms with Crippen molar-refractivity contribution in [3.63, 3.8) is 0 Å². The van der Waals surface area contributed by atoms with Gasteiger partial charge in [0.2, 0.25) is 8.32 Å². The Balaban J connectivity index is 6.07. The van der Waals surface area contributed by atoms with Crippen LogP contribution in [0.3, 0.4) is 0 Å². The molecule has 0 unspecified atom stereocenters. The highest BCUT2D eigenvalue weighted by atomic mass is 28.4. The fourth-order valence-corrected chi connectivity index (χ4v) is 10.9. The number of ether oxygens (including phenoxy) is 1. The fourth-order valence-electron chi connectivity index (χ4n) is 4.40. The van der Waals surface area contributed by atoms with E-state index in [1.165, 1.54) is 19.3 Å². The molecule has 208 valence electrons. The molecule has 0 saturated carbocycles. The molecular weight excluding hydrogens is 484 g/mol. The topological polar surface area (TPSA) is 61.8 Å². The van der Waals surface area contributed by atoms with Crippen LogP contribution >= 0.6 is 0 Å². The van der Waals surface area contributed by atoms with Crippen LogP contribution in [0.5, 0.6) is 0 Å². The molecule has 0 aromatic rings. The van der Waals surface area contributed by atoms with Gasteiger partial charge in [-0.25, -0.2) is 4.79 Å². The first-order chi connectivity index (χ1) is 16.3. The van der Waals surface area contributed by atoms with Crippen LogP contribution in [0.25, 0.3) is 0 Å². The number of carbonyl (C=O) groups is 2. The van der Waals surface area contributed by atoms with Gasteiger partial charge in [0, 0.05) is 12.0 Å². The Bertz CT molecular complexity index is 779. The molecule has 2 atom stereocenters. The Morgan fingerprint density at radius 1 is 0.861 bits per heavy atom. The van der Waals surface area contributed by atoms with Crippen molar-refractivity contribution >= 4 is 28.4 Å². The molecular formula is C29H54O5Si2. The molecule has 0 aromatic carbocycles. The van der Waals surface area contributed by atoms with Crippen LogP contribution in [0.4, 0.5) is 0 Å². The van der Waals surface area contributed by atoms with Crippen molar-refractivity contribution in [2.45, 2.75) is 117 Å². The average molecular weight is 539 g/mol. The lowest BCUT2D eigenvalue weighted by atomic mass is 9.98. The van der Waals surface area contributed by atoms with Crippen molar-refractivity contribution in [2.75, 3.05) is 13.7 Å². The van der Waals surface area contributed by atoms with Crippen molar-refractivity contribution in [1.82, 2.24) is 0 Å². The second-order valence-electron chi connectivity index (χ2n) is 12.3. The third kappa shape index (κ3) is 9.88. The molecule has 0 N–H and O–H groups in total. The van der Waals surface area contributed by atoms with Crippen molar-refractivity contribution in [1.29, 1.82) is 0 Å². The van der Waals surface area contributed by atoms with E-state index in [1.807, 2.05) is 26.0 Å². The highest BCUT2D eigenvalue weighted by Crippen LogP contribution is 2.44. The summed E-state index contributed by atoms with van der Waals surface area (Å²) in [5, 5.41) is 0.162. The summed E-state index contributed by atoms with van der Waals surface area (Å²) in [6.45, 7) is 29.1. The minimum atomic E-state index is -2.25. The van der Waals surface area contributed by atoms with Crippen LogP contribution in [-0.4, -0.2) is 48.2 Å². The van der Waals surface area contributed by atoms with Gasteiger partial charge in [-0.2, -0.15) is 0 Å². The van der Waals surface area contributed by atoms with Gasteiger partial charge < -0.3 is 13.6 Å². The summed E-state index contributed by atoms with van der Waals surface area (Å²) in [7, 11) is -2.77. The largest absolute Gasteiger partial charge is 0.466 e. The maximum Gasteiger partial charge on any atom is 0.330 e. The average Bonchev–Trinajstić information content (AvgIpc) is 2.75. The van der Waals surface area contributed by atoms with Crippen molar-refractivity contribution in [3.05, 3.63) is 36.0 Å². The first-order valence-corrected chi connectivity index (χ1v) is 18.3. The molecule has 0 heterocycles. The summed E-state index contributed by atoms with van der Waals surface area (Å²) in [5.74, 6) is -1.14. The number of methoxy groups -OCH3 is 1. The molecule has 0 fully saturated rings. The predicted octanol–water partition coefficient (Wildman–Crippen LogP) is 8.01. The maximum atomic E-state index is 13.0. The number of carbonyl (C=O) groups excluding carboxylic acids is 2. The summed E-state index contributed by atoms with van der Waals surface area (Å²) in [6, 6.07) is 0. The molecule has 0 bridgehead atoms. The molecule has 0 aliphatic heterocycles. The summed E-state index contributed by atoms with van der Waals surface area (Å²) in [6.07, 6.45) is 8.23. The number of esters is 1. The number of hydrogen-bond donors (Lipinski definition) is 0.